The van der Waals surface area contributed by atoms with Crippen LogP contribution in [-0.4, -0.2) is 0 Å². The number of hydrogen-bond donors (Lipinski definition) is 1. The summed E-state index contributed by atoms with van der Waals surface area (Å²) in [5.74, 6) is -1.91. The van der Waals surface area contributed by atoms with Crippen LogP contribution < -0.4 is 10.5 Å². The van der Waals surface area contributed by atoms with Crippen LogP contribution >= 0.6 is 0 Å². The average Bonchev–Trinajstić information content (AvgIpc) is 2.36. The Kier molecular flexibility index (Phi) is 3.11. The molecule has 0 spiro atoms. The molecule has 0 fully saturated rings. The topological polar surface area (TPSA) is 59.0 Å². The Labute approximate surface area is 102 Å². The number of nitrogens with two attached hydrogens (primary N) is 1. The van der Waals surface area contributed by atoms with Crippen molar-refractivity contribution >= 4 is 5.69 Å². The second kappa shape index (κ2) is 4.72. The summed E-state index contributed by atoms with van der Waals surface area (Å²) in [4.78, 5) is 0. The predicted molar refractivity (Wildman–Crippen MR) is 62.0 cm³/mol. The van der Waals surface area contributed by atoms with Crippen LogP contribution in [0.3, 0.4) is 0 Å². The first-order valence-electron chi connectivity index (χ1n) is 5.03. The van der Waals surface area contributed by atoms with Gasteiger partial charge in [-0.3, -0.25) is 0 Å². The Morgan fingerprint density at radius 3 is 2.44 bits per heavy atom. The highest BCUT2D eigenvalue weighted by Gasteiger charge is 2.11. The first-order chi connectivity index (χ1) is 8.61. The van der Waals surface area contributed by atoms with E-state index in [0.29, 0.717) is 0 Å². The first-order valence-corrected chi connectivity index (χ1v) is 5.03. The molecule has 0 atom stereocenters. The molecule has 2 rings (SSSR count). The normalized spacial score (nSPS) is 9.83. The summed E-state index contributed by atoms with van der Waals surface area (Å²) in [6.07, 6.45) is 0. The van der Waals surface area contributed by atoms with Gasteiger partial charge >= 0.3 is 0 Å². The van der Waals surface area contributed by atoms with Crippen molar-refractivity contribution in [1.82, 2.24) is 0 Å². The minimum absolute atomic E-state index is 0.0309. The Bertz CT molecular complexity index is 635. The van der Waals surface area contributed by atoms with Crippen LogP contribution in [0, 0.1) is 23.0 Å². The molecule has 2 aromatic carbocycles. The molecular weight excluding hydrogens is 238 g/mol. The fourth-order valence-corrected chi connectivity index (χ4v) is 1.40. The molecule has 0 aliphatic carbocycles. The summed E-state index contributed by atoms with van der Waals surface area (Å²) in [5.41, 5.74) is 5.75. The highest BCUT2D eigenvalue weighted by atomic mass is 19.2. The maximum absolute atomic E-state index is 13.1. The van der Waals surface area contributed by atoms with Crippen molar-refractivity contribution in [3.63, 3.8) is 0 Å². The lowest BCUT2D eigenvalue weighted by Crippen LogP contribution is -1.96. The van der Waals surface area contributed by atoms with Gasteiger partial charge in [0.15, 0.2) is 17.4 Å². The van der Waals surface area contributed by atoms with E-state index >= 15 is 0 Å². The van der Waals surface area contributed by atoms with E-state index in [1.807, 2.05) is 6.07 Å². The number of hydrogen-bond acceptors (Lipinski definition) is 3. The van der Waals surface area contributed by atoms with E-state index in [2.05, 4.69) is 0 Å². The molecule has 3 nitrogen and oxygen atoms in total. The van der Waals surface area contributed by atoms with E-state index in [1.165, 1.54) is 0 Å². The van der Waals surface area contributed by atoms with Crippen molar-refractivity contribution in [2.24, 2.45) is 0 Å². The van der Waals surface area contributed by atoms with Gasteiger partial charge in [-0.15, -0.1) is 0 Å². The molecule has 2 N–H and O–H groups in total. The van der Waals surface area contributed by atoms with Crippen molar-refractivity contribution in [2.75, 3.05) is 5.73 Å². The molecule has 0 bridgehead atoms. The highest BCUT2D eigenvalue weighted by Crippen LogP contribution is 2.31. The fourth-order valence-electron chi connectivity index (χ4n) is 1.40. The second-order valence-electron chi connectivity index (χ2n) is 3.51. The number of halogens is 2. The number of anilines is 1. The van der Waals surface area contributed by atoms with Gasteiger partial charge in [-0.25, -0.2) is 8.78 Å². The Morgan fingerprint density at radius 2 is 1.72 bits per heavy atom. The highest BCUT2D eigenvalue weighted by molar-refractivity contribution is 5.55. The number of nitrogens with zero attached hydrogens (tertiary/aromatic N) is 1. The molecule has 0 amide bonds. The molecule has 2 aromatic rings. The maximum atomic E-state index is 13.1. The summed E-state index contributed by atoms with van der Waals surface area (Å²) in [7, 11) is 0. The largest absolute Gasteiger partial charge is 0.454 e. The number of ether oxygens (including phenoxy) is 1. The van der Waals surface area contributed by atoms with Crippen LogP contribution in [0.15, 0.2) is 36.4 Å². The van der Waals surface area contributed by atoms with Gasteiger partial charge in [-0.05, 0) is 12.1 Å². The van der Waals surface area contributed by atoms with Crippen LogP contribution in [0.2, 0.25) is 0 Å². The molecule has 90 valence electrons. The average molecular weight is 246 g/mol. The van der Waals surface area contributed by atoms with Gasteiger partial charge in [0.1, 0.15) is 11.8 Å². The standard InChI is InChI=1S/C13H8F2N2O/c14-9-5-11(17)13(6-10(9)15)18-12-4-2-1-3-8(12)7-16/h1-6H,17H2. The van der Waals surface area contributed by atoms with E-state index in [1.54, 1.807) is 24.3 Å². The third-order valence-corrected chi connectivity index (χ3v) is 2.28. The van der Waals surface area contributed by atoms with Crippen molar-refractivity contribution in [3.05, 3.63) is 53.6 Å². The van der Waals surface area contributed by atoms with Gasteiger partial charge in [0.05, 0.1) is 11.3 Å². The van der Waals surface area contributed by atoms with E-state index < -0.39 is 11.6 Å². The van der Waals surface area contributed by atoms with Crippen LogP contribution in [-0.2, 0) is 0 Å². The summed E-state index contributed by atoms with van der Waals surface area (Å²) in [5, 5.41) is 8.87. The fraction of sp³-hybridized carbons (Fsp3) is 0. The molecule has 0 aliphatic heterocycles. The quantitative estimate of drug-likeness (QED) is 0.827. The van der Waals surface area contributed by atoms with Gasteiger partial charge < -0.3 is 10.5 Å². The van der Waals surface area contributed by atoms with Crippen LogP contribution in [0.25, 0.3) is 0 Å². The van der Waals surface area contributed by atoms with Gasteiger partial charge in [0.2, 0.25) is 0 Å². The SMILES string of the molecule is N#Cc1ccccc1Oc1cc(F)c(F)cc1N. The number of rotatable bonds is 2. The second-order valence-corrected chi connectivity index (χ2v) is 3.51. The molecule has 18 heavy (non-hydrogen) atoms. The molecule has 0 saturated carbocycles. The molecule has 0 saturated heterocycles. The zero-order chi connectivity index (χ0) is 13.1. The van der Waals surface area contributed by atoms with Crippen molar-refractivity contribution < 1.29 is 13.5 Å². The first kappa shape index (κ1) is 11.9. The zero-order valence-electron chi connectivity index (χ0n) is 9.15. The lowest BCUT2D eigenvalue weighted by atomic mass is 10.2. The molecule has 0 heterocycles. The van der Waals surface area contributed by atoms with Crippen molar-refractivity contribution in [3.8, 4) is 17.6 Å². The van der Waals surface area contributed by atoms with Gasteiger partial charge in [0.25, 0.3) is 0 Å². The van der Waals surface area contributed by atoms with Crippen molar-refractivity contribution in [2.45, 2.75) is 0 Å². The van der Waals surface area contributed by atoms with E-state index in [4.69, 9.17) is 15.7 Å². The molecule has 0 aromatic heterocycles. The third-order valence-electron chi connectivity index (χ3n) is 2.28. The van der Waals surface area contributed by atoms with Crippen LogP contribution in [0.1, 0.15) is 5.56 Å². The van der Waals surface area contributed by atoms with E-state index in [9.17, 15) is 8.78 Å². The lowest BCUT2D eigenvalue weighted by molar-refractivity contribution is 0.463. The summed E-state index contributed by atoms with van der Waals surface area (Å²) < 4.78 is 31.3. The number of para-hydroxylation sites is 1. The Morgan fingerprint density at radius 1 is 1.06 bits per heavy atom. The van der Waals surface area contributed by atoms with Crippen LogP contribution in [0.5, 0.6) is 11.5 Å². The lowest BCUT2D eigenvalue weighted by Gasteiger charge is -2.09. The summed E-state index contributed by atoms with van der Waals surface area (Å²) in [6.45, 7) is 0. The smallest absolute Gasteiger partial charge is 0.162 e. The van der Waals surface area contributed by atoms with Gasteiger partial charge in [-0.1, -0.05) is 12.1 Å². The molecule has 0 radical (unpaired) electrons. The van der Waals surface area contributed by atoms with E-state index in [-0.39, 0.29) is 22.7 Å². The minimum Gasteiger partial charge on any atom is -0.454 e. The molecule has 0 unspecified atom stereocenters. The summed E-state index contributed by atoms with van der Waals surface area (Å²) >= 11 is 0. The molecule has 0 aliphatic rings. The number of nitrogen functional groups attached to an aromatic ring is 1. The minimum atomic E-state index is -1.06. The van der Waals surface area contributed by atoms with Gasteiger partial charge in [0, 0.05) is 12.1 Å². The predicted octanol–water partition coefficient (Wildman–Crippen LogP) is 3.21. The van der Waals surface area contributed by atoms with Gasteiger partial charge in [-0.2, -0.15) is 5.26 Å². The van der Waals surface area contributed by atoms with Crippen LogP contribution in [0.4, 0.5) is 14.5 Å². The number of benzene rings is 2. The van der Waals surface area contributed by atoms with Crippen molar-refractivity contribution in [1.29, 1.82) is 5.26 Å². The summed E-state index contributed by atoms with van der Waals surface area (Å²) in [6, 6.07) is 10.0. The number of nitriles is 1. The Balaban J connectivity index is 2.41. The zero-order valence-corrected chi connectivity index (χ0v) is 9.15. The third kappa shape index (κ3) is 2.23. The molecule has 5 heteroatoms. The van der Waals surface area contributed by atoms with E-state index in [0.717, 1.165) is 12.1 Å². The molecular formula is C13H8F2N2O. The monoisotopic (exact) mass is 246 g/mol. The Hall–Kier alpha value is -2.61. The maximum Gasteiger partial charge on any atom is 0.162 e.